The Labute approximate surface area is 113 Å². The molecule has 3 rings (SSSR count). The van der Waals surface area contributed by atoms with Gasteiger partial charge in [-0.05, 0) is 17.9 Å². The Bertz CT molecular complexity index is 600. The van der Waals surface area contributed by atoms with Crippen molar-refractivity contribution in [3.63, 3.8) is 0 Å². The molecule has 0 bridgehead atoms. The first kappa shape index (κ1) is 12.4. The number of aliphatic hydroxyl groups excluding tert-OH is 1. The lowest BCUT2D eigenvalue weighted by Gasteiger charge is -2.17. The zero-order chi connectivity index (χ0) is 13.7. The van der Waals surface area contributed by atoms with Gasteiger partial charge in [0.15, 0.2) is 0 Å². The summed E-state index contributed by atoms with van der Waals surface area (Å²) in [6, 6.07) is 12.3. The Balaban J connectivity index is 2.04. The molecule has 1 aromatic carbocycles. The van der Waals surface area contributed by atoms with Gasteiger partial charge in [-0.25, -0.2) is 0 Å². The topological polar surface area (TPSA) is 38.0 Å². The lowest BCUT2D eigenvalue weighted by Crippen LogP contribution is -2.22. The fourth-order valence-corrected chi connectivity index (χ4v) is 3.16. The average molecular weight is 256 g/mol. The van der Waals surface area contributed by atoms with Gasteiger partial charge in [0, 0.05) is 23.7 Å². The molecule has 1 saturated carbocycles. The molecule has 3 heteroatoms. The van der Waals surface area contributed by atoms with Crippen molar-refractivity contribution in [2.75, 3.05) is 6.61 Å². The molecule has 1 N–H and O–H groups in total. The SMILES string of the molecule is Cn1nc(-c2ccccc2)cc1C1(CO)CC1(C)C. The highest BCUT2D eigenvalue weighted by molar-refractivity contribution is 5.60. The van der Waals surface area contributed by atoms with Crippen molar-refractivity contribution in [1.29, 1.82) is 0 Å². The molecular formula is C16H20N2O. The molecule has 1 atom stereocenters. The van der Waals surface area contributed by atoms with Crippen LogP contribution in [0.25, 0.3) is 11.3 Å². The maximum absolute atomic E-state index is 9.81. The van der Waals surface area contributed by atoms with Gasteiger partial charge in [0.2, 0.25) is 0 Å². The molecule has 100 valence electrons. The van der Waals surface area contributed by atoms with Crippen molar-refractivity contribution < 1.29 is 5.11 Å². The summed E-state index contributed by atoms with van der Waals surface area (Å²) >= 11 is 0. The van der Waals surface area contributed by atoms with E-state index in [4.69, 9.17) is 0 Å². The molecule has 1 aliphatic rings. The smallest absolute Gasteiger partial charge is 0.0926 e. The van der Waals surface area contributed by atoms with Crippen molar-refractivity contribution in [2.45, 2.75) is 25.7 Å². The molecular weight excluding hydrogens is 236 g/mol. The minimum atomic E-state index is -0.123. The van der Waals surface area contributed by atoms with Crippen LogP contribution in [0.2, 0.25) is 0 Å². The van der Waals surface area contributed by atoms with Crippen LogP contribution < -0.4 is 0 Å². The Morgan fingerprint density at radius 1 is 1.26 bits per heavy atom. The van der Waals surface area contributed by atoms with E-state index in [0.717, 1.165) is 23.4 Å². The molecule has 0 spiro atoms. The summed E-state index contributed by atoms with van der Waals surface area (Å²) in [5.41, 5.74) is 3.27. The predicted octanol–water partition coefficient (Wildman–Crippen LogP) is 2.75. The minimum absolute atomic E-state index is 0.123. The summed E-state index contributed by atoms with van der Waals surface area (Å²) in [5, 5.41) is 14.4. The zero-order valence-electron chi connectivity index (χ0n) is 11.7. The number of aryl methyl sites for hydroxylation is 1. The van der Waals surface area contributed by atoms with Crippen LogP contribution in [0, 0.1) is 5.41 Å². The highest BCUT2D eigenvalue weighted by Gasteiger charge is 2.63. The number of nitrogens with zero attached hydrogens (tertiary/aromatic N) is 2. The van der Waals surface area contributed by atoms with E-state index in [9.17, 15) is 5.11 Å². The fraction of sp³-hybridized carbons (Fsp3) is 0.438. The van der Waals surface area contributed by atoms with E-state index in [1.807, 2.05) is 29.9 Å². The van der Waals surface area contributed by atoms with E-state index < -0.39 is 0 Å². The van der Waals surface area contributed by atoms with Crippen molar-refractivity contribution in [1.82, 2.24) is 9.78 Å². The maximum atomic E-state index is 9.81. The first-order valence-electron chi connectivity index (χ1n) is 6.71. The van der Waals surface area contributed by atoms with Crippen LogP contribution >= 0.6 is 0 Å². The van der Waals surface area contributed by atoms with Crippen LogP contribution in [0.5, 0.6) is 0 Å². The third kappa shape index (κ3) is 1.72. The quantitative estimate of drug-likeness (QED) is 0.917. The van der Waals surface area contributed by atoms with Gasteiger partial charge >= 0.3 is 0 Å². The van der Waals surface area contributed by atoms with Crippen LogP contribution in [-0.4, -0.2) is 21.5 Å². The molecule has 1 unspecified atom stereocenters. The van der Waals surface area contributed by atoms with Crippen molar-refractivity contribution >= 4 is 0 Å². The van der Waals surface area contributed by atoms with Gasteiger partial charge in [-0.1, -0.05) is 44.2 Å². The largest absolute Gasteiger partial charge is 0.395 e. The maximum Gasteiger partial charge on any atom is 0.0926 e. The van der Waals surface area contributed by atoms with E-state index in [1.54, 1.807) is 0 Å². The average Bonchev–Trinajstić information content (AvgIpc) is 2.77. The molecule has 1 aromatic heterocycles. The van der Waals surface area contributed by atoms with Gasteiger partial charge in [0.1, 0.15) is 0 Å². The molecule has 3 nitrogen and oxygen atoms in total. The highest BCUT2D eigenvalue weighted by Crippen LogP contribution is 2.64. The molecule has 0 saturated heterocycles. The Kier molecular flexibility index (Phi) is 2.58. The number of aliphatic hydroxyl groups is 1. The summed E-state index contributed by atoms with van der Waals surface area (Å²) < 4.78 is 1.92. The van der Waals surface area contributed by atoms with E-state index >= 15 is 0 Å². The molecule has 19 heavy (non-hydrogen) atoms. The molecule has 1 heterocycles. The summed E-state index contributed by atoms with van der Waals surface area (Å²) in [6.45, 7) is 4.60. The van der Waals surface area contributed by atoms with Gasteiger partial charge in [-0.3, -0.25) is 4.68 Å². The first-order chi connectivity index (χ1) is 9.00. The van der Waals surface area contributed by atoms with Crippen molar-refractivity contribution in [3.8, 4) is 11.3 Å². The number of hydrogen-bond acceptors (Lipinski definition) is 2. The minimum Gasteiger partial charge on any atom is -0.395 e. The van der Waals surface area contributed by atoms with Gasteiger partial charge < -0.3 is 5.11 Å². The summed E-state index contributed by atoms with van der Waals surface area (Å²) in [7, 11) is 1.97. The molecule has 1 fully saturated rings. The third-order valence-electron chi connectivity index (χ3n) is 4.62. The summed E-state index contributed by atoms with van der Waals surface area (Å²) in [4.78, 5) is 0. The molecule has 1 aliphatic carbocycles. The third-order valence-corrected chi connectivity index (χ3v) is 4.62. The summed E-state index contributed by atoms with van der Waals surface area (Å²) in [6.07, 6.45) is 1.02. The number of benzene rings is 1. The van der Waals surface area contributed by atoms with E-state index in [0.29, 0.717) is 0 Å². The van der Waals surface area contributed by atoms with Gasteiger partial charge in [-0.2, -0.15) is 5.10 Å². The van der Waals surface area contributed by atoms with E-state index in [1.165, 1.54) is 0 Å². The second-order valence-corrected chi connectivity index (χ2v) is 6.21. The van der Waals surface area contributed by atoms with Crippen LogP contribution in [0.1, 0.15) is 26.0 Å². The van der Waals surface area contributed by atoms with Crippen LogP contribution in [-0.2, 0) is 12.5 Å². The molecule has 0 radical (unpaired) electrons. The predicted molar refractivity (Wildman–Crippen MR) is 75.8 cm³/mol. The lowest BCUT2D eigenvalue weighted by molar-refractivity contribution is 0.225. The van der Waals surface area contributed by atoms with Crippen LogP contribution in [0.3, 0.4) is 0 Å². The monoisotopic (exact) mass is 256 g/mol. The fourth-order valence-electron chi connectivity index (χ4n) is 3.16. The van der Waals surface area contributed by atoms with Gasteiger partial charge in [-0.15, -0.1) is 0 Å². The molecule has 2 aromatic rings. The number of hydrogen-bond donors (Lipinski definition) is 1. The summed E-state index contributed by atoms with van der Waals surface area (Å²) in [5.74, 6) is 0. The number of aromatic nitrogens is 2. The van der Waals surface area contributed by atoms with Crippen LogP contribution in [0.4, 0.5) is 0 Å². The standard InChI is InChI=1S/C16H20N2O/c1-15(2)10-16(15,11-19)14-9-13(17-18(14)3)12-7-5-4-6-8-12/h4-9,19H,10-11H2,1-3H3. The van der Waals surface area contributed by atoms with Gasteiger partial charge in [0.25, 0.3) is 0 Å². The number of rotatable bonds is 3. The van der Waals surface area contributed by atoms with E-state index in [-0.39, 0.29) is 17.4 Å². The van der Waals surface area contributed by atoms with Gasteiger partial charge in [0.05, 0.1) is 12.3 Å². The molecule has 0 aliphatic heterocycles. The normalized spacial score (nSPS) is 24.4. The molecule has 0 amide bonds. The highest BCUT2D eigenvalue weighted by atomic mass is 16.3. The lowest BCUT2D eigenvalue weighted by atomic mass is 9.92. The van der Waals surface area contributed by atoms with Crippen molar-refractivity contribution in [2.24, 2.45) is 12.5 Å². The van der Waals surface area contributed by atoms with Crippen LogP contribution in [0.15, 0.2) is 36.4 Å². The Morgan fingerprint density at radius 3 is 2.42 bits per heavy atom. The van der Waals surface area contributed by atoms with E-state index in [2.05, 4.69) is 37.1 Å². The second kappa shape index (κ2) is 3.94. The van der Waals surface area contributed by atoms with Crippen molar-refractivity contribution in [3.05, 3.63) is 42.1 Å². The Hall–Kier alpha value is -1.61. The first-order valence-corrected chi connectivity index (χ1v) is 6.71. The zero-order valence-corrected chi connectivity index (χ0v) is 11.7. The second-order valence-electron chi connectivity index (χ2n) is 6.21. The Morgan fingerprint density at radius 2 is 1.89 bits per heavy atom.